The number of nitrogens with zero attached hydrogens (tertiary/aromatic N) is 2. The Balaban J connectivity index is 1.38. The average molecular weight is 423 g/mol. The number of aromatic amines is 1. The van der Waals surface area contributed by atoms with E-state index in [4.69, 9.17) is 28.6 Å². The minimum absolute atomic E-state index is 0.499. The second kappa shape index (κ2) is 8.94. The fourth-order valence-electron chi connectivity index (χ4n) is 2.85. The van der Waals surface area contributed by atoms with Gasteiger partial charge in [-0.15, -0.1) is 0 Å². The number of benzene rings is 3. The van der Waals surface area contributed by atoms with E-state index in [0.29, 0.717) is 17.9 Å². The largest absolute Gasteiger partial charge is 0.489 e. The minimum Gasteiger partial charge on any atom is -0.489 e. The third-order valence-corrected chi connectivity index (χ3v) is 4.91. The zero-order valence-corrected chi connectivity index (χ0v) is 17.1. The van der Waals surface area contributed by atoms with Crippen molar-refractivity contribution in [3.05, 3.63) is 99.8 Å². The predicted octanol–water partition coefficient (Wildman–Crippen LogP) is 5.58. The Kier molecular flexibility index (Phi) is 5.93. The van der Waals surface area contributed by atoms with Crippen molar-refractivity contribution in [3.8, 4) is 17.1 Å². The molecule has 29 heavy (non-hydrogen) atoms. The molecule has 7 heteroatoms. The van der Waals surface area contributed by atoms with E-state index in [1.165, 1.54) is 0 Å². The number of aromatic nitrogens is 3. The second-order valence-electron chi connectivity index (χ2n) is 6.45. The molecule has 4 aromatic rings. The Morgan fingerprint density at radius 3 is 2.34 bits per heavy atom. The van der Waals surface area contributed by atoms with Crippen molar-refractivity contribution in [2.24, 2.45) is 0 Å². The molecule has 4 rings (SSSR count). The van der Waals surface area contributed by atoms with Gasteiger partial charge in [0.2, 0.25) is 4.77 Å². The zero-order chi connectivity index (χ0) is 20.1. The Labute approximate surface area is 178 Å². The molecular formula is C22H19ClN4OS. The highest BCUT2D eigenvalue weighted by Gasteiger charge is 2.08. The number of nitrogens with one attached hydrogen (secondary N) is 2. The summed E-state index contributed by atoms with van der Waals surface area (Å²) < 4.78 is 8.14. The molecule has 0 unspecified atom stereocenters. The van der Waals surface area contributed by atoms with Crippen molar-refractivity contribution < 1.29 is 4.74 Å². The van der Waals surface area contributed by atoms with E-state index in [0.717, 1.165) is 33.3 Å². The highest BCUT2D eigenvalue weighted by molar-refractivity contribution is 7.71. The van der Waals surface area contributed by atoms with E-state index >= 15 is 0 Å². The van der Waals surface area contributed by atoms with Crippen molar-refractivity contribution in [2.45, 2.75) is 13.2 Å². The number of hydrogen-bond acceptors (Lipinski definition) is 4. The van der Waals surface area contributed by atoms with Gasteiger partial charge in [-0.3, -0.25) is 0 Å². The molecule has 0 aliphatic rings. The summed E-state index contributed by atoms with van der Waals surface area (Å²) in [6.45, 7) is 1.10. The molecule has 5 nitrogen and oxygen atoms in total. The lowest BCUT2D eigenvalue weighted by Gasteiger charge is -2.11. The van der Waals surface area contributed by atoms with Crippen molar-refractivity contribution >= 4 is 23.8 Å². The van der Waals surface area contributed by atoms with Crippen LogP contribution in [0.3, 0.4) is 0 Å². The normalized spacial score (nSPS) is 10.7. The Bertz CT molecular complexity index is 1120. The van der Waals surface area contributed by atoms with Crippen molar-refractivity contribution in [3.63, 3.8) is 0 Å². The van der Waals surface area contributed by atoms with E-state index in [9.17, 15) is 0 Å². The van der Waals surface area contributed by atoms with E-state index < -0.39 is 0 Å². The Morgan fingerprint density at radius 1 is 0.931 bits per heavy atom. The molecule has 0 radical (unpaired) electrons. The number of rotatable bonds is 7. The quantitative estimate of drug-likeness (QED) is 0.381. The summed E-state index contributed by atoms with van der Waals surface area (Å²) in [5, 5.41) is 7.89. The van der Waals surface area contributed by atoms with Crippen LogP contribution >= 0.6 is 23.8 Å². The molecule has 1 heterocycles. The molecule has 0 spiro atoms. The summed E-state index contributed by atoms with van der Waals surface area (Å²) in [4.78, 5) is 0. The fourth-order valence-corrected chi connectivity index (χ4v) is 3.17. The van der Waals surface area contributed by atoms with Gasteiger partial charge in [0.25, 0.3) is 0 Å². The van der Waals surface area contributed by atoms with Crippen molar-refractivity contribution in [1.29, 1.82) is 0 Å². The molecule has 2 N–H and O–H groups in total. The second-order valence-corrected chi connectivity index (χ2v) is 7.27. The first-order valence-electron chi connectivity index (χ1n) is 9.12. The molecule has 0 saturated heterocycles. The number of H-pyrrole nitrogens is 1. The average Bonchev–Trinajstić information content (AvgIpc) is 3.13. The zero-order valence-electron chi connectivity index (χ0n) is 15.5. The van der Waals surface area contributed by atoms with Gasteiger partial charge in [-0.2, -0.15) is 5.10 Å². The van der Waals surface area contributed by atoms with Gasteiger partial charge >= 0.3 is 0 Å². The maximum Gasteiger partial charge on any atom is 0.214 e. The molecule has 0 saturated carbocycles. The van der Waals surface area contributed by atoms with Crippen molar-refractivity contribution in [1.82, 2.24) is 14.9 Å². The third-order valence-electron chi connectivity index (χ3n) is 4.39. The van der Waals surface area contributed by atoms with Gasteiger partial charge in [0.05, 0.1) is 6.54 Å². The van der Waals surface area contributed by atoms with Gasteiger partial charge in [0, 0.05) is 10.6 Å². The SMILES string of the molecule is S=c1[nH]nc(-c2ccccc2)n1NCc1ccc(OCc2ccc(Cl)cc2)cc1. The lowest BCUT2D eigenvalue weighted by atomic mass is 10.2. The van der Waals surface area contributed by atoms with E-state index in [-0.39, 0.29) is 0 Å². The van der Waals surface area contributed by atoms with Gasteiger partial charge in [-0.25, -0.2) is 9.77 Å². The maximum absolute atomic E-state index is 5.91. The lowest BCUT2D eigenvalue weighted by molar-refractivity contribution is 0.306. The first kappa shape index (κ1) is 19.2. The van der Waals surface area contributed by atoms with Crippen LogP contribution in [0.4, 0.5) is 0 Å². The highest BCUT2D eigenvalue weighted by atomic mass is 35.5. The van der Waals surface area contributed by atoms with Gasteiger partial charge in [-0.1, -0.05) is 66.2 Å². The van der Waals surface area contributed by atoms with E-state index in [2.05, 4.69) is 15.6 Å². The predicted molar refractivity (Wildman–Crippen MR) is 118 cm³/mol. The monoisotopic (exact) mass is 422 g/mol. The lowest BCUT2D eigenvalue weighted by Crippen LogP contribution is -2.15. The van der Waals surface area contributed by atoms with Crippen LogP contribution in [-0.4, -0.2) is 14.9 Å². The molecule has 3 aromatic carbocycles. The highest BCUT2D eigenvalue weighted by Crippen LogP contribution is 2.18. The van der Waals surface area contributed by atoms with Gasteiger partial charge < -0.3 is 10.2 Å². The van der Waals surface area contributed by atoms with Gasteiger partial charge in [-0.05, 0) is 47.6 Å². The summed E-state index contributed by atoms with van der Waals surface area (Å²) in [5.74, 6) is 1.56. The molecule has 0 fully saturated rings. The third kappa shape index (κ3) is 4.85. The van der Waals surface area contributed by atoms with Crippen LogP contribution in [0.5, 0.6) is 5.75 Å². The van der Waals surface area contributed by atoms with Crippen LogP contribution in [0.25, 0.3) is 11.4 Å². The summed E-state index contributed by atoms with van der Waals surface area (Å²) in [6.07, 6.45) is 0. The molecule has 146 valence electrons. The fraction of sp³-hybridized carbons (Fsp3) is 0.0909. The topological polar surface area (TPSA) is 54.9 Å². The summed E-state index contributed by atoms with van der Waals surface area (Å²) >= 11 is 11.3. The molecule has 1 aromatic heterocycles. The van der Waals surface area contributed by atoms with Crippen LogP contribution < -0.4 is 10.2 Å². The number of halogens is 1. The number of hydrogen-bond donors (Lipinski definition) is 2. The molecule has 0 atom stereocenters. The summed E-state index contributed by atoms with van der Waals surface area (Å²) in [6, 6.07) is 25.5. The molecular weight excluding hydrogens is 404 g/mol. The molecule has 0 aliphatic carbocycles. The van der Waals surface area contributed by atoms with Crippen LogP contribution in [0.2, 0.25) is 5.02 Å². The Hall–Kier alpha value is -3.09. The van der Waals surface area contributed by atoms with Crippen LogP contribution in [0, 0.1) is 4.77 Å². The standard InChI is InChI=1S/C22H19ClN4OS/c23-19-10-6-17(7-11-19)15-28-20-12-8-16(9-13-20)14-24-27-21(25-26-22(27)29)18-4-2-1-3-5-18/h1-13,24H,14-15H2,(H,26,29). The van der Waals surface area contributed by atoms with Gasteiger partial charge in [0.1, 0.15) is 12.4 Å². The summed E-state index contributed by atoms with van der Waals surface area (Å²) in [7, 11) is 0. The van der Waals surface area contributed by atoms with Crippen LogP contribution in [0.15, 0.2) is 78.9 Å². The summed E-state index contributed by atoms with van der Waals surface area (Å²) in [5.41, 5.74) is 6.48. The Morgan fingerprint density at radius 2 is 1.62 bits per heavy atom. The molecule has 0 aliphatic heterocycles. The minimum atomic E-state index is 0.499. The molecule has 0 amide bonds. The van der Waals surface area contributed by atoms with Crippen LogP contribution in [-0.2, 0) is 13.2 Å². The first-order valence-corrected chi connectivity index (χ1v) is 9.90. The van der Waals surface area contributed by atoms with Gasteiger partial charge in [0.15, 0.2) is 5.82 Å². The first-order chi connectivity index (χ1) is 14.2. The van der Waals surface area contributed by atoms with E-state index in [1.807, 2.05) is 78.9 Å². The molecule has 0 bridgehead atoms. The van der Waals surface area contributed by atoms with Crippen molar-refractivity contribution in [2.75, 3.05) is 5.43 Å². The number of ether oxygens (including phenoxy) is 1. The van der Waals surface area contributed by atoms with E-state index in [1.54, 1.807) is 4.68 Å². The van der Waals surface area contributed by atoms with Crippen LogP contribution in [0.1, 0.15) is 11.1 Å². The smallest absolute Gasteiger partial charge is 0.214 e. The maximum atomic E-state index is 5.91.